The van der Waals surface area contributed by atoms with Crippen LogP contribution in [0.15, 0.2) is 54.6 Å². The molecule has 1 fully saturated rings. The summed E-state index contributed by atoms with van der Waals surface area (Å²) >= 11 is 0. The van der Waals surface area contributed by atoms with E-state index >= 15 is 0 Å². The standard InChI is InChI=1S/C24H29N3O3/c1-17-11-13-20(14-12-17)26-23(30)24(15-7-8-16-24)27(21-9-5-4-6-10-21)22(29)18(2)25-19(3)28/h4-6,9-14,18H,7-8,15-16H2,1-3H3,(H,25,28)(H,26,30)/t18-/m0/s1. The molecule has 6 nitrogen and oxygen atoms in total. The SMILES string of the molecule is CC(=O)N[C@@H](C)C(=O)N(c1ccccc1)C1(C(=O)Nc2ccc(C)cc2)CCCC1. The second kappa shape index (κ2) is 9.11. The van der Waals surface area contributed by atoms with Gasteiger partial charge in [0, 0.05) is 18.3 Å². The summed E-state index contributed by atoms with van der Waals surface area (Å²) in [5, 5.41) is 5.68. The quantitative estimate of drug-likeness (QED) is 0.764. The van der Waals surface area contributed by atoms with Crippen molar-refractivity contribution in [3.63, 3.8) is 0 Å². The molecule has 2 aromatic carbocycles. The lowest BCUT2D eigenvalue weighted by Gasteiger charge is -2.41. The Labute approximate surface area is 177 Å². The van der Waals surface area contributed by atoms with Crippen LogP contribution < -0.4 is 15.5 Å². The maximum absolute atomic E-state index is 13.6. The first-order valence-corrected chi connectivity index (χ1v) is 10.4. The first-order valence-electron chi connectivity index (χ1n) is 10.4. The summed E-state index contributed by atoms with van der Waals surface area (Å²) in [5.41, 5.74) is 1.46. The summed E-state index contributed by atoms with van der Waals surface area (Å²) < 4.78 is 0. The molecule has 3 rings (SSSR count). The van der Waals surface area contributed by atoms with Crippen LogP contribution in [0.3, 0.4) is 0 Å². The third-order valence-corrected chi connectivity index (χ3v) is 5.62. The van der Waals surface area contributed by atoms with Crippen molar-refractivity contribution in [1.82, 2.24) is 5.32 Å². The van der Waals surface area contributed by atoms with Crippen molar-refractivity contribution in [1.29, 1.82) is 0 Å². The predicted molar refractivity (Wildman–Crippen MR) is 118 cm³/mol. The van der Waals surface area contributed by atoms with Crippen LogP contribution in [0.4, 0.5) is 11.4 Å². The van der Waals surface area contributed by atoms with E-state index in [0.29, 0.717) is 24.2 Å². The van der Waals surface area contributed by atoms with Crippen LogP contribution >= 0.6 is 0 Å². The zero-order valence-corrected chi connectivity index (χ0v) is 17.8. The molecule has 0 radical (unpaired) electrons. The first-order chi connectivity index (χ1) is 14.3. The van der Waals surface area contributed by atoms with E-state index < -0.39 is 11.6 Å². The predicted octanol–water partition coefficient (Wildman–Crippen LogP) is 3.80. The number of rotatable bonds is 6. The van der Waals surface area contributed by atoms with Gasteiger partial charge in [0.15, 0.2) is 0 Å². The highest BCUT2D eigenvalue weighted by Gasteiger charge is 2.50. The lowest BCUT2D eigenvalue weighted by Crippen LogP contribution is -2.61. The van der Waals surface area contributed by atoms with Gasteiger partial charge in [-0.15, -0.1) is 0 Å². The Morgan fingerprint density at radius 1 is 0.967 bits per heavy atom. The van der Waals surface area contributed by atoms with E-state index in [0.717, 1.165) is 18.4 Å². The van der Waals surface area contributed by atoms with Crippen LogP contribution in [0.1, 0.15) is 45.1 Å². The molecule has 0 aromatic heterocycles. The lowest BCUT2D eigenvalue weighted by atomic mass is 9.91. The van der Waals surface area contributed by atoms with Gasteiger partial charge in [-0.2, -0.15) is 0 Å². The Hall–Kier alpha value is -3.15. The highest BCUT2D eigenvalue weighted by Crippen LogP contribution is 2.40. The van der Waals surface area contributed by atoms with Gasteiger partial charge in [0.2, 0.25) is 11.8 Å². The van der Waals surface area contributed by atoms with Gasteiger partial charge >= 0.3 is 0 Å². The average molecular weight is 408 g/mol. The normalized spacial score (nSPS) is 15.8. The minimum atomic E-state index is -1.00. The number of carbonyl (C=O) groups excluding carboxylic acids is 3. The largest absolute Gasteiger partial charge is 0.345 e. The third kappa shape index (κ3) is 4.53. The zero-order valence-electron chi connectivity index (χ0n) is 17.8. The van der Waals surface area contributed by atoms with E-state index in [9.17, 15) is 14.4 Å². The summed E-state index contributed by atoms with van der Waals surface area (Å²) in [6.45, 7) is 5.02. The molecule has 0 unspecified atom stereocenters. The summed E-state index contributed by atoms with van der Waals surface area (Å²) in [4.78, 5) is 40.3. The molecule has 2 N–H and O–H groups in total. The Balaban J connectivity index is 2.00. The van der Waals surface area contributed by atoms with Gasteiger partial charge in [0.1, 0.15) is 11.6 Å². The van der Waals surface area contributed by atoms with E-state index in [-0.39, 0.29) is 17.7 Å². The number of amides is 3. The zero-order chi connectivity index (χ0) is 21.7. The van der Waals surface area contributed by atoms with Crippen molar-refractivity contribution in [2.24, 2.45) is 0 Å². The number of hydrogen-bond donors (Lipinski definition) is 2. The number of benzene rings is 2. The fraction of sp³-hybridized carbons (Fsp3) is 0.375. The highest BCUT2D eigenvalue weighted by molar-refractivity contribution is 6.10. The molecule has 158 valence electrons. The number of anilines is 2. The molecular formula is C24H29N3O3. The fourth-order valence-corrected chi connectivity index (χ4v) is 4.12. The van der Waals surface area contributed by atoms with Gasteiger partial charge in [-0.1, -0.05) is 48.7 Å². The van der Waals surface area contributed by atoms with Crippen molar-refractivity contribution in [3.05, 3.63) is 60.2 Å². The second-order valence-corrected chi connectivity index (χ2v) is 7.99. The Morgan fingerprint density at radius 2 is 1.57 bits per heavy atom. The van der Waals surface area contributed by atoms with Gasteiger partial charge in [-0.3, -0.25) is 19.3 Å². The van der Waals surface area contributed by atoms with Gasteiger partial charge in [0.05, 0.1) is 0 Å². The molecule has 1 aliphatic carbocycles. The maximum atomic E-state index is 13.6. The van der Waals surface area contributed by atoms with Gasteiger partial charge < -0.3 is 10.6 Å². The summed E-state index contributed by atoms with van der Waals surface area (Å²) in [7, 11) is 0. The summed E-state index contributed by atoms with van der Waals surface area (Å²) in [6.07, 6.45) is 2.84. The van der Waals surface area contributed by atoms with E-state index in [2.05, 4.69) is 10.6 Å². The molecule has 2 aromatic rings. The Bertz CT molecular complexity index is 903. The first kappa shape index (κ1) is 21.6. The molecule has 0 heterocycles. The smallest absolute Gasteiger partial charge is 0.250 e. The third-order valence-electron chi connectivity index (χ3n) is 5.62. The molecule has 1 aliphatic rings. The Kier molecular flexibility index (Phi) is 6.55. The molecule has 30 heavy (non-hydrogen) atoms. The highest BCUT2D eigenvalue weighted by atomic mass is 16.2. The minimum Gasteiger partial charge on any atom is -0.345 e. The number of nitrogens with zero attached hydrogens (tertiary/aromatic N) is 1. The van der Waals surface area contributed by atoms with E-state index in [4.69, 9.17) is 0 Å². The maximum Gasteiger partial charge on any atom is 0.250 e. The van der Waals surface area contributed by atoms with Crippen LogP contribution in [0.5, 0.6) is 0 Å². The van der Waals surface area contributed by atoms with E-state index in [1.54, 1.807) is 11.8 Å². The van der Waals surface area contributed by atoms with Crippen LogP contribution in [0.25, 0.3) is 0 Å². The lowest BCUT2D eigenvalue weighted by molar-refractivity contribution is -0.129. The van der Waals surface area contributed by atoms with Gasteiger partial charge in [0.25, 0.3) is 5.91 Å². The van der Waals surface area contributed by atoms with Gasteiger partial charge in [-0.25, -0.2) is 0 Å². The molecule has 3 amide bonds. The monoisotopic (exact) mass is 407 g/mol. The van der Waals surface area contributed by atoms with Crippen molar-refractivity contribution in [2.75, 3.05) is 10.2 Å². The minimum absolute atomic E-state index is 0.198. The van der Waals surface area contributed by atoms with Crippen LogP contribution in [-0.2, 0) is 14.4 Å². The molecule has 1 atom stereocenters. The van der Waals surface area contributed by atoms with Crippen molar-refractivity contribution < 1.29 is 14.4 Å². The Morgan fingerprint density at radius 3 is 2.13 bits per heavy atom. The summed E-state index contributed by atoms with van der Waals surface area (Å²) in [5.74, 6) is -0.776. The molecule has 0 aliphatic heterocycles. The number of para-hydroxylation sites is 1. The molecule has 0 saturated heterocycles. The van der Waals surface area contributed by atoms with Crippen molar-refractivity contribution in [2.45, 2.75) is 58.0 Å². The van der Waals surface area contributed by atoms with Crippen LogP contribution in [0.2, 0.25) is 0 Å². The number of carbonyl (C=O) groups is 3. The molecule has 0 bridgehead atoms. The number of aryl methyl sites for hydroxylation is 1. The van der Waals surface area contributed by atoms with Crippen molar-refractivity contribution in [3.8, 4) is 0 Å². The fourth-order valence-electron chi connectivity index (χ4n) is 4.12. The van der Waals surface area contributed by atoms with Crippen LogP contribution in [0, 0.1) is 6.92 Å². The van der Waals surface area contributed by atoms with Gasteiger partial charge in [-0.05, 0) is 51.0 Å². The van der Waals surface area contributed by atoms with Crippen molar-refractivity contribution >= 4 is 29.1 Å². The topological polar surface area (TPSA) is 78.5 Å². The molecule has 1 saturated carbocycles. The van der Waals surface area contributed by atoms with E-state index in [1.807, 2.05) is 61.5 Å². The van der Waals surface area contributed by atoms with E-state index in [1.165, 1.54) is 6.92 Å². The molecule has 6 heteroatoms. The number of nitrogens with one attached hydrogen (secondary N) is 2. The van der Waals surface area contributed by atoms with Crippen LogP contribution in [-0.4, -0.2) is 29.3 Å². The second-order valence-electron chi connectivity index (χ2n) is 7.99. The average Bonchev–Trinajstić information content (AvgIpc) is 3.21. The summed E-state index contributed by atoms with van der Waals surface area (Å²) in [6, 6.07) is 16.1. The molecule has 0 spiro atoms. The molecular weight excluding hydrogens is 378 g/mol. The number of hydrogen-bond acceptors (Lipinski definition) is 3.